The number of benzene rings is 2. The van der Waals surface area contributed by atoms with Crippen LogP contribution in [0.3, 0.4) is 0 Å². The zero-order chi connectivity index (χ0) is 20.2. The van der Waals surface area contributed by atoms with E-state index in [1.807, 2.05) is 30.3 Å². The molecule has 0 radical (unpaired) electrons. The molecule has 1 aliphatic rings. The van der Waals surface area contributed by atoms with Crippen LogP contribution >= 0.6 is 0 Å². The lowest BCUT2D eigenvalue weighted by atomic mass is 10.0. The molecule has 2 aromatic carbocycles. The summed E-state index contributed by atoms with van der Waals surface area (Å²) in [5, 5.41) is 4.58. The molecule has 4 heteroatoms. The second-order valence-electron chi connectivity index (χ2n) is 8.38. The molecule has 0 saturated carbocycles. The van der Waals surface area contributed by atoms with E-state index in [-0.39, 0.29) is 11.9 Å². The maximum atomic E-state index is 12.4. The van der Waals surface area contributed by atoms with Gasteiger partial charge in [0.1, 0.15) is 0 Å². The first-order valence-electron chi connectivity index (χ1n) is 10.8. The number of carbonyl (C=O) groups excluding carboxylic acids is 1. The average Bonchev–Trinajstić information content (AvgIpc) is 3.13. The number of aromatic nitrogens is 1. The van der Waals surface area contributed by atoms with E-state index in [1.165, 1.54) is 16.5 Å². The van der Waals surface area contributed by atoms with Gasteiger partial charge in [-0.05, 0) is 56.9 Å². The van der Waals surface area contributed by atoms with Crippen LogP contribution in [0.5, 0.6) is 0 Å². The van der Waals surface area contributed by atoms with E-state index in [2.05, 4.69) is 59.1 Å². The van der Waals surface area contributed by atoms with E-state index in [0.717, 1.165) is 44.5 Å². The minimum atomic E-state index is 0.0468. The predicted molar refractivity (Wildman–Crippen MR) is 119 cm³/mol. The number of hydrogen-bond acceptors (Lipinski definition) is 2. The topological polar surface area (TPSA) is 37.3 Å². The Morgan fingerprint density at radius 3 is 2.45 bits per heavy atom. The second-order valence-corrected chi connectivity index (χ2v) is 8.38. The van der Waals surface area contributed by atoms with Gasteiger partial charge in [0.15, 0.2) is 0 Å². The number of para-hydroxylation sites is 1. The third-order valence-corrected chi connectivity index (χ3v) is 6.04. The predicted octanol–water partition coefficient (Wildman–Crippen LogP) is 4.66. The van der Waals surface area contributed by atoms with E-state index in [0.29, 0.717) is 6.04 Å². The second kappa shape index (κ2) is 8.83. The highest BCUT2D eigenvalue weighted by Gasteiger charge is 2.21. The summed E-state index contributed by atoms with van der Waals surface area (Å²) in [5.74, 6) is 0.0468. The zero-order valence-corrected chi connectivity index (χ0v) is 17.5. The summed E-state index contributed by atoms with van der Waals surface area (Å²) < 4.78 is 2.38. The van der Waals surface area contributed by atoms with Gasteiger partial charge in [-0.1, -0.05) is 36.4 Å². The first-order chi connectivity index (χ1) is 14.1. The van der Waals surface area contributed by atoms with Gasteiger partial charge in [-0.2, -0.15) is 0 Å². The van der Waals surface area contributed by atoms with Gasteiger partial charge in [0, 0.05) is 54.4 Å². The van der Waals surface area contributed by atoms with Crippen molar-refractivity contribution >= 4 is 16.8 Å². The summed E-state index contributed by atoms with van der Waals surface area (Å²) in [6.07, 6.45) is 5.45. The summed E-state index contributed by atoms with van der Waals surface area (Å²) in [7, 11) is 0. The van der Waals surface area contributed by atoms with Crippen LogP contribution in [0.25, 0.3) is 10.9 Å². The van der Waals surface area contributed by atoms with Gasteiger partial charge in [0.25, 0.3) is 5.91 Å². The fourth-order valence-corrected chi connectivity index (χ4v) is 4.34. The summed E-state index contributed by atoms with van der Waals surface area (Å²) in [5.41, 5.74) is 3.52. The van der Waals surface area contributed by atoms with Gasteiger partial charge in [0.2, 0.25) is 0 Å². The molecule has 1 fully saturated rings. The van der Waals surface area contributed by atoms with Crippen LogP contribution in [0.2, 0.25) is 0 Å². The minimum Gasteiger partial charge on any atom is -0.349 e. The summed E-state index contributed by atoms with van der Waals surface area (Å²) in [6.45, 7) is 7.64. The Balaban J connectivity index is 1.31. The SMILES string of the molecule is CC(C)n1cc(CCN2CCC(NC(=O)c3ccccc3)CC2)c2ccccc21. The van der Waals surface area contributed by atoms with Crippen molar-refractivity contribution in [3.8, 4) is 0 Å². The highest BCUT2D eigenvalue weighted by molar-refractivity contribution is 5.94. The number of nitrogens with zero attached hydrogens (tertiary/aromatic N) is 2. The number of carbonyl (C=O) groups is 1. The van der Waals surface area contributed by atoms with Crippen molar-refractivity contribution < 1.29 is 4.79 Å². The number of nitrogens with one attached hydrogen (secondary N) is 1. The first kappa shape index (κ1) is 19.7. The maximum absolute atomic E-state index is 12.4. The molecule has 1 aliphatic heterocycles. The van der Waals surface area contributed by atoms with E-state index in [1.54, 1.807) is 0 Å². The molecule has 0 spiro atoms. The van der Waals surface area contributed by atoms with Crippen molar-refractivity contribution in [3.05, 3.63) is 71.9 Å². The normalized spacial score (nSPS) is 15.8. The molecular formula is C25H31N3O. The molecule has 29 heavy (non-hydrogen) atoms. The summed E-state index contributed by atoms with van der Waals surface area (Å²) >= 11 is 0. The molecule has 4 rings (SSSR count). The fraction of sp³-hybridized carbons (Fsp3) is 0.400. The molecule has 0 aliphatic carbocycles. The Morgan fingerprint density at radius 2 is 1.72 bits per heavy atom. The molecule has 2 heterocycles. The van der Waals surface area contributed by atoms with Crippen LogP contribution in [0, 0.1) is 0 Å². The molecule has 1 aromatic heterocycles. The van der Waals surface area contributed by atoms with Gasteiger partial charge >= 0.3 is 0 Å². The van der Waals surface area contributed by atoms with Crippen molar-refractivity contribution in [1.29, 1.82) is 0 Å². The van der Waals surface area contributed by atoms with Gasteiger partial charge in [-0.25, -0.2) is 0 Å². The first-order valence-corrected chi connectivity index (χ1v) is 10.8. The van der Waals surface area contributed by atoms with E-state index in [9.17, 15) is 4.79 Å². The van der Waals surface area contributed by atoms with Crippen molar-refractivity contribution in [2.45, 2.75) is 45.2 Å². The highest BCUT2D eigenvalue weighted by atomic mass is 16.1. The smallest absolute Gasteiger partial charge is 0.251 e. The molecule has 0 bridgehead atoms. The summed E-state index contributed by atoms with van der Waals surface area (Å²) in [6, 6.07) is 19.0. The number of fused-ring (bicyclic) bond motifs is 1. The quantitative estimate of drug-likeness (QED) is 0.666. The van der Waals surface area contributed by atoms with Gasteiger partial charge in [-0.3, -0.25) is 4.79 Å². The van der Waals surface area contributed by atoms with E-state index in [4.69, 9.17) is 0 Å². The van der Waals surface area contributed by atoms with Crippen molar-refractivity contribution in [2.75, 3.05) is 19.6 Å². The van der Waals surface area contributed by atoms with Crippen molar-refractivity contribution in [2.24, 2.45) is 0 Å². The van der Waals surface area contributed by atoms with Crippen molar-refractivity contribution in [3.63, 3.8) is 0 Å². The van der Waals surface area contributed by atoms with E-state index < -0.39 is 0 Å². The zero-order valence-electron chi connectivity index (χ0n) is 17.5. The lowest BCUT2D eigenvalue weighted by Crippen LogP contribution is -2.45. The number of amides is 1. The van der Waals surface area contributed by atoms with Gasteiger partial charge in [0.05, 0.1) is 0 Å². The Labute approximate surface area is 173 Å². The van der Waals surface area contributed by atoms with Gasteiger partial charge in [-0.15, -0.1) is 0 Å². The molecule has 0 unspecified atom stereocenters. The number of hydrogen-bond donors (Lipinski definition) is 1. The monoisotopic (exact) mass is 389 g/mol. The Bertz CT molecular complexity index is 953. The van der Waals surface area contributed by atoms with Crippen LogP contribution in [0.1, 0.15) is 48.7 Å². The Kier molecular flexibility index (Phi) is 6.00. The molecule has 0 atom stereocenters. The lowest BCUT2D eigenvalue weighted by Gasteiger charge is -2.32. The molecular weight excluding hydrogens is 358 g/mol. The fourth-order valence-electron chi connectivity index (χ4n) is 4.34. The van der Waals surface area contributed by atoms with Crippen LogP contribution in [0.4, 0.5) is 0 Å². The standard InChI is InChI=1S/C25H31N3O/c1-19(2)28-18-21(23-10-6-7-11-24(23)28)12-15-27-16-13-22(14-17-27)26-25(29)20-8-4-3-5-9-20/h3-11,18-19,22H,12-17H2,1-2H3,(H,26,29). The lowest BCUT2D eigenvalue weighted by molar-refractivity contribution is 0.0911. The molecule has 152 valence electrons. The highest BCUT2D eigenvalue weighted by Crippen LogP contribution is 2.25. The minimum absolute atomic E-state index is 0.0468. The average molecular weight is 390 g/mol. The third-order valence-electron chi connectivity index (χ3n) is 6.04. The maximum Gasteiger partial charge on any atom is 0.251 e. The van der Waals surface area contributed by atoms with Crippen LogP contribution < -0.4 is 5.32 Å². The van der Waals surface area contributed by atoms with Crippen LogP contribution in [-0.2, 0) is 6.42 Å². The Hall–Kier alpha value is -2.59. The largest absolute Gasteiger partial charge is 0.349 e. The van der Waals surface area contributed by atoms with E-state index >= 15 is 0 Å². The molecule has 3 aromatic rings. The number of piperidine rings is 1. The molecule has 4 nitrogen and oxygen atoms in total. The van der Waals surface area contributed by atoms with Gasteiger partial charge < -0.3 is 14.8 Å². The molecule has 1 amide bonds. The molecule has 1 saturated heterocycles. The Morgan fingerprint density at radius 1 is 1.03 bits per heavy atom. The number of likely N-dealkylation sites (tertiary alicyclic amines) is 1. The third kappa shape index (κ3) is 4.54. The van der Waals surface area contributed by atoms with Crippen LogP contribution in [0.15, 0.2) is 60.8 Å². The van der Waals surface area contributed by atoms with Crippen molar-refractivity contribution in [1.82, 2.24) is 14.8 Å². The number of rotatable bonds is 6. The van der Waals surface area contributed by atoms with Crippen LogP contribution in [-0.4, -0.2) is 41.1 Å². The molecule has 1 N–H and O–H groups in total. The summed E-state index contributed by atoms with van der Waals surface area (Å²) in [4.78, 5) is 14.9.